The fourth-order valence-corrected chi connectivity index (χ4v) is 5.33. The minimum absolute atomic E-state index is 0.0965. The van der Waals surface area contributed by atoms with E-state index in [0.717, 1.165) is 5.39 Å². The molecule has 2 fully saturated rings. The number of benzene rings is 2. The molecule has 2 amide bonds. The average molecular weight is 389 g/mol. The number of sulfonamides is 1. The minimum atomic E-state index is -3.83. The molecule has 0 unspecified atom stereocenters. The van der Waals surface area contributed by atoms with Crippen molar-refractivity contribution < 1.29 is 23.1 Å². The molecule has 2 aromatic rings. The number of nitrogens with zero attached hydrogens (tertiary/aromatic N) is 2. The van der Waals surface area contributed by atoms with E-state index in [9.17, 15) is 23.1 Å². The number of aliphatic hydroxyl groups excluding tert-OH is 1. The van der Waals surface area contributed by atoms with Crippen molar-refractivity contribution in [1.29, 1.82) is 0 Å². The van der Waals surface area contributed by atoms with Crippen LogP contribution in [0.25, 0.3) is 10.8 Å². The van der Waals surface area contributed by atoms with Crippen molar-refractivity contribution in [3.05, 3.63) is 42.5 Å². The fourth-order valence-electron chi connectivity index (χ4n) is 3.68. The van der Waals surface area contributed by atoms with Crippen LogP contribution in [0.5, 0.6) is 0 Å². The van der Waals surface area contributed by atoms with Crippen molar-refractivity contribution >= 4 is 32.6 Å². The van der Waals surface area contributed by atoms with Gasteiger partial charge in [-0.3, -0.25) is 9.59 Å². The van der Waals surface area contributed by atoms with Crippen LogP contribution < -0.4 is 5.32 Å². The van der Waals surface area contributed by atoms with Crippen molar-refractivity contribution in [3.63, 3.8) is 0 Å². The van der Waals surface area contributed by atoms with Crippen LogP contribution in [0, 0.1) is 0 Å². The highest BCUT2D eigenvalue weighted by Crippen LogP contribution is 2.28. The number of rotatable bonds is 3. The normalized spacial score (nSPS) is 24.0. The lowest BCUT2D eigenvalue weighted by molar-refractivity contribution is -0.152. The second-order valence-electron chi connectivity index (χ2n) is 6.63. The number of hydrogen-bond acceptors (Lipinski definition) is 5. The number of nitrogens with one attached hydrogen (secondary N) is 1. The van der Waals surface area contributed by atoms with Crippen molar-refractivity contribution in [3.8, 4) is 0 Å². The van der Waals surface area contributed by atoms with E-state index in [2.05, 4.69) is 5.32 Å². The van der Waals surface area contributed by atoms with Gasteiger partial charge in [0.05, 0.1) is 11.5 Å². The zero-order valence-corrected chi connectivity index (χ0v) is 15.2. The molecular formula is C18H19N3O5S. The lowest BCUT2D eigenvalue weighted by Gasteiger charge is -2.44. The van der Waals surface area contributed by atoms with Gasteiger partial charge >= 0.3 is 0 Å². The van der Waals surface area contributed by atoms with Gasteiger partial charge in [-0.15, -0.1) is 0 Å². The van der Waals surface area contributed by atoms with E-state index in [1.807, 2.05) is 18.2 Å². The fraction of sp³-hybridized carbons (Fsp3) is 0.333. The van der Waals surface area contributed by atoms with Gasteiger partial charge < -0.3 is 15.3 Å². The van der Waals surface area contributed by atoms with E-state index in [1.165, 1.54) is 9.21 Å². The second-order valence-corrected chi connectivity index (χ2v) is 8.54. The second kappa shape index (κ2) is 6.59. The molecule has 0 aliphatic carbocycles. The largest absolute Gasteiger partial charge is 0.394 e. The van der Waals surface area contributed by atoms with E-state index >= 15 is 0 Å². The molecule has 0 saturated carbocycles. The molecule has 2 heterocycles. The van der Waals surface area contributed by atoms with Gasteiger partial charge in [0, 0.05) is 25.0 Å². The van der Waals surface area contributed by atoms with Crippen LogP contribution in [-0.4, -0.2) is 72.9 Å². The highest BCUT2D eigenvalue weighted by atomic mass is 32.2. The number of hydrogen-bond donors (Lipinski definition) is 2. The maximum Gasteiger partial charge on any atom is 0.248 e. The molecule has 4 rings (SSSR count). The Labute approximate surface area is 156 Å². The zero-order valence-electron chi connectivity index (χ0n) is 14.4. The SMILES string of the molecule is O=C1N[C@H](CO)C(=O)N2CCN(S(=O)(=O)c3cccc4ccccc34)C[C@H]12. The highest BCUT2D eigenvalue weighted by molar-refractivity contribution is 7.89. The molecular weight excluding hydrogens is 370 g/mol. The summed E-state index contributed by atoms with van der Waals surface area (Å²) in [6, 6.07) is 10.4. The number of carbonyl (C=O) groups excluding carboxylic acids is 2. The average Bonchev–Trinajstić information content (AvgIpc) is 2.69. The third-order valence-corrected chi connectivity index (χ3v) is 7.02. The molecule has 142 valence electrons. The van der Waals surface area contributed by atoms with Gasteiger partial charge in [0.15, 0.2) is 0 Å². The summed E-state index contributed by atoms with van der Waals surface area (Å²) in [4.78, 5) is 26.2. The van der Waals surface area contributed by atoms with Crippen LogP contribution in [0.4, 0.5) is 0 Å². The molecule has 9 heteroatoms. The smallest absolute Gasteiger partial charge is 0.248 e. The number of aliphatic hydroxyl groups is 1. The van der Waals surface area contributed by atoms with E-state index in [1.54, 1.807) is 24.3 Å². The first kappa shape index (κ1) is 17.9. The van der Waals surface area contributed by atoms with E-state index in [0.29, 0.717) is 5.39 Å². The monoisotopic (exact) mass is 389 g/mol. The van der Waals surface area contributed by atoms with Gasteiger partial charge in [-0.05, 0) is 11.5 Å². The van der Waals surface area contributed by atoms with Crippen LogP contribution in [-0.2, 0) is 19.6 Å². The summed E-state index contributed by atoms with van der Waals surface area (Å²) in [5.41, 5.74) is 0. The Morgan fingerprint density at radius 2 is 1.81 bits per heavy atom. The summed E-state index contributed by atoms with van der Waals surface area (Å²) in [7, 11) is -3.83. The Kier molecular flexibility index (Phi) is 4.37. The maximum atomic E-state index is 13.2. The van der Waals surface area contributed by atoms with Gasteiger partial charge in [0.25, 0.3) is 0 Å². The van der Waals surface area contributed by atoms with E-state index < -0.39 is 34.6 Å². The van der Waals surface area contributed by atoms with Crippen molar-refractivity contribution in [2.24, 2.45) is 0 Å². The van der Waals surface area contributed by atoms with Crippen molar-refractivity contribution in [2.75, 3.05) is 26.2 Å². The third-order valence-electron chi connectivity index (χ3n) is 5.09. The zero-order chi connectivity index (χ0) is 19.2. The Balaban J connectivity index is 1.67. The predicted octanol–water partition coefficient (Wildman–Crippen LogP) is -0.468. The first-order valence-electron chi connectivity index (χ1n) is 8.63. The molecule has 0 aromatic heterocycles. The van der Waals surface area contributed by atoms with Crippen LogP contribution >= 0.6 is 0 Å². The molecule has 0 spiro atoms. The lowest BCUT2D eigenvalue weighted by Crippen LogP contribution is -2.70. The number of amides is 2. The molecule has 2 aromatic carbocycles. The Morgan fingerprint density at radius 3 is 2.59 bits per heavy atom. The molecule has 2 atom stereocenters. The molecule has 8 nitrogen and oxygen atoms in total. The number of carbonyl (C=O) groups is 2. The lowest BCUT2D eigenvalue weighted by atomic mass is 10.1. The van der Waals surface area contributed by atoms with E-state index in [4.69, 9.17) is 0 Å². The standard InChI is InChI=1S/C18H19N3O5S/c22-11-14-18(24)21-9-8-20(10-15(21)17(23)19-14)27(25,26)16-7-3-5-12-4-1-2-6-13(12)16/h1-7,14-15,22H,8-11H2,(H,19,23)/t14-,15-/m1/s1. The summed E-state index contributed by atoms with van der Waals surface area (Å²) >= 11 is 0. The van der Waals surface area contributed by atoms with E-state index in [-0.39, 0.29) is 30.4 Å². The highest BCUT2D eigenvalue weighted by Gasteiger charge is 2.45. The molecule has 0 bridgehead atoms. The molecule has 2 aliphatic heterocycles. The van der Waals surface area contributed by atoms with Gasteiger partial charge in [-0.2, -0.15) is 4.31 Å². The Hall–Kier alpha value is -2.49. The number of fused-ring (bicyclic) bond motifs is 2. The molecule has 2 N–H and O–H groups in total. The van der Waals surface area contributed by atoms with Gasteiger partial charge in [0.2, 0.25) is 21.8 Å². The van der Waals surface area contributed by atoms with Crippen LogP contribution in [0.15, 0.2) is 47.4 Å². The summed E-state index contributed by atoms with van der Waals surface area (Å²) in [5.74, 6) is -0.837. The van der Waals surface area contributed by atoms with Gasteiger partial charge in [-0.25, -0.2) is 8.42 Å². The summed E-state index contributed by atoms with van der Waals surface area (Å²) in [5, 5.41) is 13.1. The number of piperazine rings is 2. The molecule has 0 radical (unpaired) electrons. The Morgan fingerprint density at radius 1 is 1.07 bits per heavy atom. The first-order valence-corrected chi connectivity index (χ1v) is 10.1. The third kappa shape index (κ3) is 2.88. The Bertz CT molecular complexity index is 1020. The predicted molar refractivity (Wildman–Crippen MR) is 97.2 cm³/mol. The summed E-state index contributed by atoms with van der Waals surface area (Å²) < 4.78 is 27.7. The van der Waals surface area contributed by atoms with Crippen LogP contribution in [0.1, 0.15) is 0 Å². The van der Waals surface area contributed by atoms with Crippen LogP contribution in [0.3, 0.4) is 0 Å². The van der Waals surface area contributed by atoms with Gasteiger partial charge in [-0.1, -0.05) is 36.4 Å². The topological polar surface area (TPSA) is 107 Å². The summed E-state index contributed by atoms with van der Waals surface area (Å²) in [6.45, 7) is -0.385. The van der Waals surface area contributed by atoms with Crippen LogP contribution in [0.2, 0.25) is 0 Å². The van der Waals surface area contributed by atoms with Crippen molar-refractivity contribution in [2.45, 2.75) is 17.0 Å². The molecule has 2 saturated heterocycles. The summed E-state index contributed by atoms with van der Waals surface area (Å²) in [6.07, 6.45) is 0. The minimum Gasteiger partial charge on any atom is -0.394 e. The van der Waals surface area contributed by atoms with Gasteiger partial charge in [0.1, 0.15) is 12.1 Å². The quantitative estimate of drug-likeness (QED) is 0.738. The molecule has 2 aliphatic rings. The molecule has 27 heavy (non-hydrogen) atoms. The first-order chi connectivity index (χ1) is 12.9. The maximum absolute atomic E-state index is 13.2. The van der Waals surface area contributed by atoms with Crippen molar-refractivity contribution in [1.82, 2.24) is 14.5 Å².